The van der Waals surface area contributed by atoms with Gasteiger partial charge in [-0.1, -0.05) is 30.3 Å². The minimum atomic E-state index is 0.0507. The molecule has 0 N–H and O–H groups in total. The number of rotatable bonds is 3. The summed E-state index contributed by atoms with van der Waals surface area (Å²) in [5.41, 5.74) is 1.82. The Morgan fingerprint density at radius 3 is 2.50 bits per heavy atom. The lowest BCUT2D eigenvalue weighted by molar-refractivity contribution is 0.0497. The Morgan fingerprint density at radius 1 is 1.12 bits per heavy atom. The number of pyridine rings is 1. The molecule has 0 bridgehead atoms. The largest absolute Gasteiger partial charge is 0.363 e. The summed E-state index contributed by atoms with van der Waals surface area (Å²) in [5, 5.41) is 0. The fraction of sp³-hybridized carbons (Fsp3) is 0.368. The number of nitrogens with zero attached hydrogens (tertiary/aromatic N) is 4. The molecule has 0 spiro atoms. The maximum absolute atomic E-state index is 13.0. The van der Waals surface area contributed by atoms with Crippen LogP contribution < -0.4 is 4.90 Å². The first-order valence-electron chi connectivity index (χ1n) is 8.24. The van der Waals surface area contributed by atoms with Gasteiger partial charge in [0.05, 0.1) is 11.6 Å². The Kier molecular flexibility index (Phi) is 4.81. The zero-order valence-electron chi connectivity index (χ0n) is 14.5. The number of aromatic nitrogens is 1. The summed E-state index contributed by atoms with van der Waals surface area (Å²) in [6.45, 7) is 2.46. The first-order valence-corrected chi connectivity index (χ1v) is 8.24. The number of likely N-dealkylation sites (N-methyl/N-ethyl adjacent to an activating group) is 1. The standard InChI is InChI=1S/C19H24N4O/c1-21(2)18-10-9-16(13-20-18)19(24)23-12-11-22(3)14-17(23)15-7-5-4-6-8-15/h4-10,13,17H,11-12,14H2,1-3H3/t17-/m0/s1. The molecule has 1 aliphatic heterocycles. The second kappa shape index (κ2) is 7.01. The molecule has 1 atom stereocenters. The van der Waals surface area contributed by atoms with Crippen LogP contribution in [0.4, 0.5) is 5.82 Å². The lowest BCUT2D eigenvalue weighted by atomic mass is 10.0. The molecule has 1 aromatic heterocycles. The molecule has 1 saturated heterocycles. The van der Waals surface area contributed by atoms with Gasteiger partial charge in [-0.25, -0.2) is 4.98 Å². The van der Waals surface area contributed by atoms with Gasteiger partial charge in [0, 0.05) is 39.9 Å². The summed E-state index contributed by atoms with van der Waals surface area (Å²) in [5.74, 6) is 0.902. The number of carbonyl (C=O) groups is 1. The average molecular weight is 324 g/mol. The van der Waals surface area contributed by atoms with E-state index in [1.54, 1.807) is 6.20 Å². The number of benzene rings is 1. The minimum Gasteiger partial charge on any atom is -0.363 e. The van der Waals surface area contributed by atoms with E-state index >= 15 is 0 Å². The van der Waals surface area contributed by atoms with Crippen molar-refractivity contribution in [2.24, 2.45) is 0 Å². The summed E-state index contributed by atoms with van der Waals surface area (Å²) in [7, 11) is 5.98. The van der Waals surface area contributed by atoms with Crippen LogP contribution in [0, 0.1) is 0 Å². The molecular weight excluding hydrogens is 300 g/mol. The van der Waals surface area contributed by atoms with Crippen LogP contribution in [-0.4, -0.2) is 61.5 Å². The number of hydrogen-bond acceptors (Lipinski definition) is 4. The average Bonchev–Trinajstić information content (AvgIpc) is 2.62. The van der Waals surface area contributed by atoms with Gasteiger partial charge in [0.1, 0.15) is 5.82 Å². The van der Waals surface area contributed by atoms with Gasteiger partial charge in [-0.05, 0) is 24.7 Å². The molecule has 1 aromatic carbocycles. The van der Waals surface area contributed by atoms with Crippen LogP contribution in [0.2, 0.25) is 0 Å². The third-order valence-electron chi connectivity index (χ3n) is 4.48. The van der Waals surface area contributed by atoms with E-state index in [-0.39, 0.29) is 11.9 Å². The Morgan fingerprint density at radius 2 is 1.88 bits per heavy atom. The normalized spacial score (nSPS) is 18.5. The van der Waals surface area contributed by atoms with Gasteiger partial charge in [0.25, 0.3) is 5.91 Å². The molecule has 0 unspecified atom stereocenters. The molecule has 1 aliphatic rings. The Balaban J connectivity index is 1.86. The molecule has 5 heteroatoms. The van der Waals surface area contributed by atoms with Crippen molar-refractivity contribution in [3.05, 3.63) is 59.8 Å². The highest BCUT2D eigenvalue weighted by molar-refractivity contribution is 5.94. The van der Waals surface area contributed by atoms with E-state index < -0.39 is 0 Å². The van der Waals surface area contributed by atoms with Gasteiger partial charge in [-0.3, -0.25) is 4.79 Å². The fourth-order valence-corrected chi connectivity index (χ4v) is 3.07. The minimum absolute atomic E-state index is 0.0507. The molecular formula is C19H24N4O. The lowest BCUT2D eigenvalue weighted by Crippen LogP contribution is -2.49. The van der Waals surface area contributed by atoms with Gasteiger partial charge in [0.15, 0.2) is 0 Å². The van der Waals surface area contributed by atoms with Crippen molar-refractivity contribution in [1.29, 1.82) is 0 Å². The number of carbonyl (C=O) groups excluding carboxylic acids is 1. The van der Waals surface area contributed by atoms with Crippen molar-refractivity contribution in [3.8, 4) is 0 Å². The first-order chi connectivity index (χ1) is 11.6. The Bertz CT molecular complexity index is 684. The van der Waals surface area contributed by atoms with Crippen molar-refractivity contribution >= 4 is 11.7 Å². The maximum atomic E-state index is 13.0. The van der Waals surface area contributed by atoms with E-state index in [1.165, 1.54) is 5.56 Å². The second-order valence-corrected chi connectivity index (χ2v) is 6.49. The topological polar surface area (TPSA) is 39.7 Å². The van der Waals surface area contributed by atoms with Gasteiger partial charge in [0.2, 0.25) is 0 Å². The van der Waals surface area contributed by atoms with E-state index in [1.807, 2.05) is 54.2 Å². The zero-order chi connectivity index (χ0) is 17.1. The summed E-state index contributed by atoms with van der Waals surface area (Å²) in [6, 6.07) is 14.1. The van der Waals surface area contributed by atoms with Crippen molar-refractivity contribution in [2.45, 2.75) is 6.04 Å². The summed E-state index contributed by atoms with van der Waals surface area (Å²) < 4.78 is 0. The van der Waals surface area contributed by atoms with Crippen LogP contribution in [0.15, 0.2) is 48.7 Å². The smallest absolute Gasteiger partial charge is 0.256 e. The first kappa shape index (κ1) is 16.5. The van der Waals surface area contributed by atoms with Gasteiger partial charge < -0.3 is 14.7 Å². The van der Waals surface area contributed by atoms with Gasteiger partial charge in [-0.2, -0.15) is 0 Å². The van der Waals surface area contributed by atoms with E-state index in [4.69, 9.17) is 0 Å². The molecule has 0 radical (unpaired) electrons. The molecule has 24 heavy (non-hydrogen) atoms. The summed E-state index contributed by atoms with van der Waals surface area (Å²) >= 11 is 0. The highest BCUT2D eigenvalue weighted by Crippen LogP contribution is 2.26. The van der Waals surface area contributed by atoms with Crippen molar-refractivity contribution in [3.63, 3.8) is 0 Å². The fourth-order valence-electron chi connectivity index (χ4n) is 3.07. The SMILES string of the molecule is CN1CCN(C(=O)c2ccc(N(C)C)nc2)[C@H](c2ccccc2)C1. The third-order valence-corrected chi connectivity index (χ3v) is 4.48. The molecule has 1 amide bonds. The second-order valence-electron chi connectivity index (χ2n) is 6.49. The molecule has 0 saturated carbocycles. The third kappa shape index (κ3) is 3.41. The summed E-state index contributed by atoms with van der Waals surface area (Å²) in [6.07, 6.45) is 1.68. The highest BCUT2D eigenvalue weighted by atomic mass is 16.2. The molecule has 2 aromatic rings. The number of hydrogen-bond donors (Lipinski definition) is 0. The lowest BCUT2D eigenvalue weighted by Gasteiger charge is -2.40. The van der Waals surface area contributed by atoms with Crippen LogP contribution in [0.3, 0.4) is 0 Å². The molecule has 2 heterocycles. The van der Waals surface area contributed by atoms with Crippen LogP contribution in [0.5, 0.6) is 0 Å². The van der Waals surface area contributed by atoms with Gasteiger partial charge in [-0.15, -0.1) is 0 Å². The maximum Gasteiger partial charge on any atom is 0.256 e. The van der Waals surface area contributed by atoms with Crippen molar-refractivity contribution in [1.82, 2.24) is 14.8 Å². The number of amides is 1. The Hall–Kier alpha value is -2.40. The van der Waals surface area contributed by atoms with Crippen LogP contribution in [-0.2, 0) is 0 Å². The quantitative estimate of drug-likeness (QED) is 0.868. The monoisotopic (exact) mass is 324 g/mol. The van der Waals surface area contributed by atoms with Gasteiger partial charge >= 0.3 is 0 Å². The number of anilines is 1. The van der Waals surface area contributed by atoms with Crippen molar-refractivity contribution < 1.29 is 4.79 Å². The predicted molar refractivity (Wildman–Crippen MR) is 96.3 cm³/mol. The van der Waals surface area contributed by atoms with E-state index in [9.17, 15) is 4.79 Å². The van der Waals surface area contributed by atoms with Crippen LogP contribution >= 0.6 is 0 Å². The van der Waals surface area contributed by atoms with Crippen LogP contribution in [0.1, 0.15) is 22.0 Å². The predicted octanol–water partition coefficient (Wildman–Crippen LogP) is 2.28. The van der Waals surface area contributed by atoms with E-state index in [2.05, 4.69) is 29.1 Å². The zero-order valence-corrected chi connectivity index (χ0v) is 14.5. The van der Waals surface area contributed by atoms with Crippen LogP contribution in [0.25, 0.3) is 0 Å². The Labute approximate surface area is 143 Å². The highest BCUT2D eigenvalue weighted by Gasteiger charge is 2.30. The van der Waals surface area contributed by atoms with E-state index in [0.717, 1.165) is 25.5 Å². The molecule has 0 aliphatic carbocycles. The summed E-state index contributed by atoms with van der Waals surface area (Å²) in [4.78, 5) is 23.6. The number of piperazine rings is 1. The van der Waals surface area contributed by atoms with Crippen molar-refractivity contribution in [2.75, 3.05) is 45.7 Å². The molecule has 126 valence electrons. The molecule has 3 rings (SSSR count). The molecule has 1 fully saturated rings. The molecule has 5 nitrogen and oxygen atoms in total. The van der Waals surface area contributed by atoms with E-state index in [0.29, 0.717) is 5.56 Å².